The fourth-order valence-electron chi connectivity index (χ4n) is 1.54. The molecule has 0 fully saturated rings. The molecule has 0 aliphatic rings. The number of hydrogen-bond acceptors (Lipinski definition) is 4. The molecule has 0 radical (unpaired) electrons. The molecule has 1 aromatic carbocycles. The Labute approximate surface area is 107 Å². The number of carboxylic acid groups (broad SMARTS) is 1. The summed E-state index contributed by atoms with van der Waals surface area (Å²) in [4.78, 5) is 20.6. The molecule has 6 heteroatoms. The zero-order valence-electron chi connectivity index (χ0n) is 9.70. The first kappa shape index (κ1) is 12.6. The predicted molar refractivity (Wildman–Crippen MR) is 66.9 cm³/mol. The molecule has 96 valence electrons. The van der Waals surface area contributed by atoms with Gasteiger partial charge in [-0.25, -0.2) is 4.79 Å². The molecule has 19 heavy (non-hydrogen) atoms. The van der Waals surface area contributed by atoms with E-state index in [4.69, 9.17) is 9.52 Å². The zero-order valence-corrected chi connectivity index (χ0v) is 9.70. The van der Waals surface area contributed by atoms with Crippen molar-refractivity contribution in [3.63, 3.8) is 0 Å². The van der Waals surface area contributed by atoms with E-state index in [0.717, 1.165) is 0 Å². The summed E-state index contributed by atoms with van der Waals surface area (Å²) >= 11 is 0. The highest BCUT2D eigenvalue weighted by molar-refractivity contribution is 5.88. The van der Waals surface area contributed by atoms with E-state index in [1.807, 2.05) is 0 Å². The molecule has 0 unspecified atom stereocenters. The minimum Gasteiger partial charge on any atom is -0.478 e. The summed E-state index contributed by atoms with van der Waals surface area (Å²) in [5.41, 5.74) is 1.24. The Morgan fingerprint density at radius 3 is 2.21 bits per heavy atom. The van der Waals surface area contributed by atoms with E-state index in [-0.39, 0.29) is 17.2 Å². The number of carboxylic acids is 1. The van der Waals surface area contributed by atoms with Crippen molar-refractivity contribution in [2.24, 2.45) is 0 Å². The topological polar surface area (TPSA) is 93.6 Å². The molecule has 0 spiro atoms. The molecule has 0 aliphatic heterocycles. The molecule has 0 amide bonds. The molecule has 0 saturated heterocycles. The molecule has 0 saturated carbocycles. The van der Waals surface area contributed by atoms with E-state index in [9.17, 15) is 14.9 Å². The van der Waals surface area contributed by atoms with Crippen LogP contribution in [0.15, 0.2) is 47.4 Å². The molecule has 2 aromatic rings. The van der Waals surface area contributed by atoms with Crippen LogP contribution in [0, 0.1) is 10.1 Å². The number of hydrogen-bond donors (Lipinski definition) is 1. The second kappa shape index (κ2) is 4.77. The molecule has 1 aromatic heterocycles. The zero-order chi connectivity index (χ0) is 14.0. The first-order valence-electron chi connectivity index (χ1n) is 5.26. The molecule has 6 nitrogen and oxygen atoms in total. The summed E-state index contributed by atoms with van der Waals surface area (Å²) in [6.45, 7) is 3.78. The van der Waals surface area contributed by atoms with Gasteiger partial charge in [-0.15, -0.1) is 0 Å². The Hall–Kier alpha value is -2.89. The van der Waals surface area contributed by atoms with Gasteiger partial charge in [-0.1, -0.05) is 18.7 Å². The van der Waals surface area contributed by atoms with Gasteiger partial charge in [0.15, 0.2) is 0 Å². The summed E-state index contributed by atoms with van der Waals surface area (Å²) in [6.07, 6.45) is 0. The van der Waals surface area contributed by atoms with Gasteiger partial charge in [-0.3, -0.25) is 10.1 Å². The van der Waals surface area contributed by atoms with Gasteiger partial charge in [-0.2, -0.15) is 0 Å². The number of carbonyl (C=O) groups is 1. The second-order valence-corrected chi connectivity index (χ2v) is 3.76. The van der Waals surface area contributed by atoms with Crippen molar-refractivity contribution < 1.29 is 19.2 Å². The number of nitrogens with zero attached hydrogens (tertiary/aromatic N) is 1. The molecule has 0 bridgehead atoms. The lowest BCUT2D eigenvalue weighted by Crippen LogP contribution is -1.95. The van der Waals surface area contributed by atoms with Crippen molar-refractivity contribution in [1.82, 2.24) is 0 Å². The van der Waals surface area contributed by atoms with Gasteiger partial charge in [0, 0.05) is 5.57 Å². The first-order valence-corrected chi connectivity index (χ1v) is 5.26. The molecule has 1 heterocycles. The van der Waals surface area contributed by atoms with Gasteiger partial charge >= 0.3 is 11.9 Å². The van der Waals surface area contributed by atoms with Crippen LogP contribution in [0.1, 0.15) is 21.7 Å². The number of benzene rings is 1. The average molecular weight is 259 g/mol. The van der Waals surface area contributed by atoms with E-state index in [0.29, 0.717) is 11.1 Å². The van der Waals surface area contributed by atoms with Crippen LogP contribution in [0.3, 0.4) is 0 Å². The van der Waals surface area contributed by atoms with E-state index in [1.54, 1.807) is 12.1 Å². The molecular formula is C13H9NO5. The Morgan fingerprint density at radius 2 is 1.74 bits per heavy atom. The van der Waals surface area contributed by atoms with Gasteiger partial charge in [0.2, 0.25) is 0 Å². The van der Waals surface area contributed by atoms with E-state index in [1.165, 1.54) is 24.3 Å². The van der Waals surface area contributed by atoms with Crippen molar-refractivity contribution in [3.05, 3.63) is 70.0 Å². The molecular weight excluding hydrogens is 250 g/mol. The molecule has 0 aliphatic carbocycles. The fraction of sp³-hybridized carbons (Fsp3) is 0. The highest BCUT2D eigenvalue weighted by atomic mass is 16.6. The maximum Gasteiger partial charge on any atom is 0.433 e. The Bertz CT molecular complexity index is 654. The van der Waals surface area contributed by atoms with Crippen molar-refractivity contribution in [2.45, 2.75) is 0 Å². The predicted octanol–water partition coefficient (Wildman–Crippen LogP) is 2.95. The largest absolute Gasteiger partial charge is 0.478 e. The summed E-state index contributed by atoms with van der Waals surface area (Å²) in [5.74, 6) is -1.11. The van der Waals surface area contributed by atoms with Crippen molar-refractivity contribution in [1.29, 1.82) is 0 Å². The Kier molecular flexibility index (Phi) is 3.15. The van der Waals surface area contributed by atoms with E-state index in [2.05, 4.69) is 6.58 Å². The minimum absolute atomic E-state index is 0.155. The summed E-state index contributed by atoms with van der Waals surface area (Å²) in [6, 6.07) is 8.69. The Balaban J connectivity index is 2.27. The number of rotatable bonds is 4. The van der Waals surface area contributed by atoms with Crippen LogP contribution in [0.25, 0.3) is 5.57 Å². The lowest BCUT2D eigenvalue weighted by atomic mass is 10.0. The third-order valence-electron chi connectivity index (χ3n) is 2.55. The lowest BCUT2D eigenvalue weighted by Gasteiger charge is -2.02. The number of furan rings is 1. The number of aromatic carboxylic acids is 1. The van der Waals surface area contributed by atoms with Crippen LogP contribution >= 0.6 is 0 Å². The van der Waals surface area contributed by atoms with Crippen LogP contribution < -0.4 is 0 Å². The molecule has 2 rings (SSSR count). The monoisotopic (exact) mass is 259 g/mol. The second-order valence-electron chi connectivity index (χ2n) is 3.76. The standard InChI is InChI=1S/C13H9NO5/c1-8(11-6-7-12(19-11)14(17)18)9-2-4-10(5-3-9)13(15)16/h2-7H,1H2,(H,15,16). The normalized spacial score (nSPS) is 10.1. The molecule has 1 N–H and O–H groups in total. The maximum atomic E-state index is 10.7. The van der Waals surface area contributed by atoms with Crippen molar-refractivity contribution in [3.8, 4) is 0 Å². The quantitative estimate of drug-likeness (QED) is 0.672. The summed E-state index contributed by atoms with van der Waals surface area (Å²) in [7, 11) is 0. The van der Waals surface area contributed by atoms with Crippen LogP contribution in [0.5, 0.6) is 0 Å². The van der Waals surface area contributed by atoms with Gasteiger partial charge < -0.3 is 9.52 Å². The van der Waals surface area contributed by atoms with E-state index < -0.39 is 10.9 Å². The van der Waals surface area contributed by atoms with Crippen molar-refractivity contribution in [2.75, 3.05) is 0 Å². The SMILES string of the molecule is C=C(c1ccc(C(=O)O)cc1)c1ccc([N+](=O)[O-])o1. The molecule has 0 atom stereocenters. The summed E-state index contributed by atoms with van der Waals surface area (Å²) in [5, 5.41) is 19.3. The van der Waals surface area contributed by atoms with Crippen LogP contribution in [-0.2, 0) is 0 Å². The minimum atomic E-state index is -1.02. The van der Waals surface area contributed by atoms with Gasteiger partial charge in [0.05, 0.1) is 11.6 Å². The average Bonchev–Trinajstić information content (AvgIpc) is 2.87. The maximum absolute atomic E-state index is 10.7. The first-order chi connectivity index (χ1) is 8.99. The third kappa shape index (κ3) is 2.52. The summed E-state index contributed by atoms with van der Waals surface area (Å²) < 4.78 is 5.02. The van der Waals surface area contributed by atoms with E-state index >= 15 is 0 Å². The Morgan fingerprint density at radius 1 is 1.16 bits per heavy atom. The highest BCUT2D eigenvalue weighted by Crippen LogP contribution is 2.26. The lowest BCUT2D eigenvalue weighted by molar-refractivity contribution is -0.402. The van der Waals surface area contributed by atoms with Crippen LogP contribution in [0.2, 0.25) is 0 Å². The number of nitro groups is 1. The highest BCUT2D eigenvalue weighted by Gasteiger charge is 2.14. The van der Waals surface area contributed by atoms with Gasteiger partial charge in [0.25, 0.3) is 0 Å². The fourth-order valence-corrected chi connectivity index (χ4v) is 1.54. The van der Waals surface area contributed by atoms with Gasteiger partial charge in [-0.05, 0) is 23.8 Å². The van der Waals surface area contributed by atoms with Gasteiger partial charge in [0.1, 0.15) is 10.7 Å². The van der Waals surface area contributed by atoms with Crippen molar-refractivity contribution >= 4 is 17.4 Å². The third-order valence-corrected chi connectivity index (χ3v) is 2.55. The smallest absolute Gasteiger partial charge is 0.433 e. The van der Waals surface area contributed by atoms with Crippen LogP contribution in [0.4, 0.5) is 5.88 Å². The van der Waals surface area contributed by atoms with Crippen LogP contribution in [-0.4, -0.2) is 16.0 Å².